The summed E-state index contributed by atoms with van der Waals surface area (Å²) in [7, 11) is 1.83. The number of aryl methyl sites for hydroxylation is 1. The highest BCUT2D eigenvalue weighted by molar-refractivity contribution is 7.89. The molecule has 1 fully saturated rings. The second kappa shape index (κ2) is 4.86. The second-order valence-electron chi connectivity index (χ2n) is 5.43. The lowest BCUT2D eigenvalue weighted by Gasteiger charge is -2.26. The standard InChI is InChI=1S/C11H20N4O3S/c1-13(2)7-11(16)4-5-15(8-11)19(17,18)10-6-14(3)9-12-10/h6,9,16H,4-5,7-8H2,1-3H3. The van der Waals surface area contributed by atoms with Crippen LogP contribution in [0.2, 0.25) is 0 Å². The molecule has 1 atom stereocenters. The molecule has 1 unspecified atom stereocenters. The molecule has 2 rings (SSSR count). The molecule has 0 amide bonds. The molecule has 0 aromatic carbocycles. The summed E-state index contributed by atoms with van der Waals surface area (Å²) in [5.41, 5.74) is -0.981. The smallest absolute Gasteiger partial charge is 0.262 e. The molecule has 0 spiro atoms. The number of sulfonamides is 1. The molecule has 0 aliphatic carbocycles. The van der Waals surface area contributed by atoms with Crippen LogP contribution in [-0.4, -0.2) is 71.6 Å². The lowest BCUT2D eigenvalue weighted by Crippen LogP contribution is -2.43. The van der Waals surface area contributed by atoms with Gasteiger partial charge in [0.1, 0.15) is 0 Å². The Bertz CT molecular complexity index is 554. The van der Waals surface area contributed by atoms with Crippen LogP contribution in [0.3, 0.4) is 0 Å². The molecule has 7 nitrogen and oxygen atoms in total. The predicted octanol–water partition coefficient (Wildman–Crippen LogP) is -0.893. The number of β-amino-alcohol motifs (C(OH)–C–C–N with tert-alkyl or cyclic N) is 1. The van der Waals surface area contributed by atoms with Gasteiger partial charge in [-0.15, -0.1) is 0 Å². The molecular weight excluding hydrogens is 268 g/mol. The van der Waals surface area contributed by atoms with Crippen molar-refractivity contribution in [1.82, 2.24) is 18.8 Å². The van der Waals surface area contributed by atoms with Crippen LogP contribution in [0, 0.1) is 0 Å². The lowest BCUT2D eigenvalue weighted by molar-refractivity contribution is 0.0302. The molecule has 108 valence electrons. The fraction of sp³-hybridized carbons (Fsp3) is 0.727. The molecule has 1 aliphatic heterocycles. The average molecular weight is 288 g/mol. The Morgan fingerprint density at radius 3 is 2.74 bits per heavy atom. The third-order valence-electron chi connectivity index (χ3n) is 3.19. The molecule has 2 heterocycles. The number of likely N-dealkylation sites (N-methyl/N-ethyl adjacent to an activating group) is 1. The summed E-state index contributed by atoms with van der Waals surface area (Å²) >= 11 is 0. The summed E-state index contributed by atoms with van der Waals surface area (Å²) in [4.78, 5) is 5.74. The van der Waals surface area contributed by atoms with Gasteiger partial charge < -0.3 is 14.6 Å². The predicted molar refractivity (Wildman–Crippen MR) is 70.1 cm³/mol. The van der Waals surface area contributed by atoms with Gasteiger partial charge in [-0.25, -0.2) is 13.4 Å². The van der Waals surface area contributed by atoms with Crippen LogP contribution >= 0.6 is 0 Å². The molecule has 1 aromatic rings. The van der Waals surface area contributed by atoms with Gasteiger partial charge in [0.15, 0.2) is 5.03 Å². The lowest BCUT2D eigenvalue weighted by atomic mass is 10.0. The van der Waals surface area contributed by atoms with Gasteiger partial charge in [-0.3, -0.25) is 0 Å². The highest BCUT2D eigenvalue weighted by Crippen LogP contribution is 2.26. The van der Waals surface area contributed by atoms with Gasteiger partial charge in [0.25, 0.3) is 10.0 Å². The molecule has 19 heavy (non-hydrogen) atoms. The van der Waals surface area contributed by atoms with Gasteiger partial charge in [0.2, 0.25) is 0 Å². The normalized spacial score (nSPS) is 25.3. The number of nitrogens with zero attached hydrogens (tertiary/aromatic N) is 4. The zero-order chi connectivity index (χ0) is 14.3. The van der Waals surface area contributed by atoms with Gasteiger partial charge >= 0.3 is 0 Å². The number of hydrogen-bond acceptors (Lipinski definition) is 5. The van der Waals surface area contributed by atoms with Gasteiger partial charge in [-0.2, -0.15) is 4.31 Å². The Balaban J connectivity index is 2.16. The summed E-state index contributed by atoms with van der Waals surface area (Å²) in [6.45, 7) is 0.884. The molecule has 0 saturated carbocycles. The van der Waals surface area contributed by atoms with Gasteiger partial charge in [0.05, 0.1) is 11.9 Å². The molecule has 0 radical (unpaired) electrons. The van der Waals surface area contributed by atoms with Crippen LogP contribution in [0.4, 0.5) is 0 Å². The summed E-state index contributed by atoms with van der Waals surface area (Å²) in [6.07, 6.45) is 3.37. The number of rotatable bonds is 4. The van der Waals surface area contributed by atoms with E-state index >= 15 is 0 Å². The molecule has 1 aliphatic rings. The maximum Gasteiger partial charge on any atom is 0.262 e. The van der Waals surface area contributed by atoms with Crippen molar-refractivity contribution in [2.24, 2.45) is 7.05 Å². The first kappa shape index (κ1) is 14.4. The van der Waals surface area contributed by atoms with Crippen LogP contribution in [0.1, 0.15) is 6.42 Å². The minimum Gasteiger partial charge on any atom is -0.387 e. The highest BCUT2D eigenvalue weighted by Gasteiger charge is 2.42. The first-order valence-electron chi connectivity index (χ1n) is 6.08. The second-order valence-corrected chi connectivity index (χ2v) is 7.31. The Morgan fingerprint density at radius 2 is 2.21 bits per heavy atom. The third kappa shape index (κ3) is 2.97. The summed E-state index contributed by atoms with van der Waals surface area (Å²) in [5, 5.41) is 10.4. The topological polar surface area (TPSA) is 78.7 Å². The van der Waals surface area contributed by atoms with Crippen molar-refractivity contribution in [3.63, 3.8) is 0 Å². The molecule has 1 saturated heterocycles. The van der Waals surface area contributed by atoms with E-state index in [2.05, 4.69) is 4.98 Å². The summed E-state index contributed by atoms with van der Waals surface area (Å²) in [6, 6.07) is 0. The van der Waals surface area contributed by atoms with Gasteiger partial charge in [-0.05, 0) is 20.5 Å². The number of aromatic nitrogens is 2. The summed E-state index contributed by atoms with van der Waals surface area (Å²) in [5.74, 6) is 0. The van der Waals surface area contributed by atoms with Gasteiger partial charge in [0, 0.05) is 32.9 Å². The Labute approximate surface area is 113 Å². The number of imidazole rings is 1. The van der Waals surface area contributed by atoms with E-state index in [-0.39, 0.29) is 11.6 Å². The van der Waals surface area contributed by atoms with Crippen LogP contribution in [0.25, 0.3) is 0 Å². The first-order valence-corrected chi connectivity index (χ1v) is 7.52. The maximum atomic E-state index is 12.3. The van der Waals surface area contributed by atoms with Crippen LogP contribution < -0.4 is 0 Å². The molecule has 0 bridgehead atoms. The van der Waals surface area contributed by atoms with E-state index in [0.29, 0.717) is 19.5 Å². The molecule has 1 aromatic heterocycles. The fourth-order valence-electron chi connectivity index (χ4n) is 2.40. The van der Waals surface area contributed by atoms with Crippen molar-refractivity contribution in [3.8, 4) is 0 Å². The van der Waals surface area contributed by atoms with E-state index in [9.17, 15) is 13.5 Å². The van der Waals surface area contributed by atoms with E-state index < -0.39 is 15.6 Å². The van der Waals surface area contributed by atoms with Crippen molar-refractivity contribution in [2.75, 3.05) is 33.7 Å². The van der Waals surface area contributed by atoms with Gasteiger partial charge in [-0.1, -0.05) is 0 Å². The number of hydrogen-bond donors (Lipinski definition) is 1. The van der Waals surface area contributed by atoms with Crippen LogP contribution in [0.5, 0.6) is 0 Å². The minimum absolute atomic E-state index is 0.0316. The average Bonchev–Trinajstić information content (AvgIpc) is 2.84. The van der Waals surface area contributed by atoms with Crippen molar-refractivity contribution < 1.29 is 13.5 Å². The first-order chi connectivity index (χ1) is 8.73. The minimum atomic E-state index is -3.60. The Hall–Kier alpha value is -0.960. The van der Waals surface area contributed by atoms with E-state index in [4.69, 9.17) is 0 Å². The van der Waals surface area contributed by atoms with Crippen LogP contribution in [0.15, 0.2) is 17.6 Å². The zero-order valence-corrected chi connectivity index (χ0v) is 12.3. The Kier molecular flexibility index (Phi) is 3.69. The van der Waals surface area contributed by atoms with E-state index in [1.165, 1.54) is 16.8 Å². The Morgan fingerprint density at radius 1 is 1.53 bits per heavy atom. The van der Waals surface area contributed by atoms with Crippen molar-refractivity contribution in [1.29, 1.82) is 0 Å². The number of aliphatic hydroxyl groups is 1. The summed E-state index contributed by atoms with van der Waals surface area (Å²) < 4.78 is 27.6. The SMILES string of the molecule is CN(C)CC1(O)CCN(S(=O)(=O)c2cn(C)cn2)C1. The van der Waals surface area contributed by atoms with E-state index in [1.54, 1.807) is 11.6 Å². The maximum absolute atomic E-state index is 12.3. The zero-order valence-electron chi connectivity index (χ0n) is 11.4. The van der Waals surface area contributed by atoms with E-state index in [0.717, 1.165) is 0 Å². The highest BCUT2D eigenvalue weighted by atomic mass is 32.2. The molecule has 8 heteroatoms. The monoisotopic (exact) mass is 288 g/mol. The van der Waals surface area contributed by atoms with Crippen molar-refractivity contribution >= 4 is 10.0 Å². The third-order valence-corrected chi connectivity index (χ3v) is 4.92. The molecular formula is C11H20N4O3S. The quantitative estimate of drug-likeness (QED) is 0.777. The van der Waals surface area contributed by atoms with Crippen molar-refractivity contribution in [2.45, 2.75) is 17.0 Å². The van der Waals surface area contributed by atoms with Crippen molar-refractivity contribution in [3.05, 3.63) is 12.5 Å². The molecule has 1 N–H and O–H groups in total. The fourth-order valence-corrected chi connectivity index (χ4v) is 3.88. The largest absolute Gasteiger partial charge is 0.387 e. The van der Waals surface area contributed by atoms with Crippen LogP contribution in [-0.2, 0) is 17.1 Å². The van der Waals surface area contributed by atoms with E-state index in [1.807, 2.05) is 19.0 Å².